The van der Waals surface area contributed by atoms with E-state index in [2.05, 4.69) is 19.2 Å². The molecule has 1 aliphatic heterocycles. The molecule has 3 N–H and O–H groups in total. The van der Waals surface area contributed by atoms with Crippen molar-refractivity contribution in [3.05, 3.63) is 23.7 Å². The molecule has 5 heteroatoms. The zero-order chi connectivity index (χ0) is 13.8. The second kappa shape index (κ2) is 6.10. The number of rotatable bonds is 4. The van der Waals surface area contributed by atoms with Gasteiger partial charge in [-0.3, -0.25) is 0 Å². The Labute approximate surface area is 114 Å². The Hall–Kier alpha value is -1.49. The minimum absolute atomic E-state index is 0.199. The lowest BCUT2D eigenvalue weighted by Gasteiger charge is -2.32. The number of nitrogens with one attached hydrogen (secondary N) is 1. The molecule has 2 rings (SSSR count). The van der Waals surface area contributed by atoms with Crippen LogP contribution in [0.25, 0.3) is 0 Å². The van der Waals surface area contributed by atoms with Crippen molar-refractivity contribution in [2.24, 2.45) is 5.73 Å². The van der Waals surface area contributed by atoms with E-state index < -0.39 is 0 Å². The molecule has 1 saturated heterocycles. The van der Waals surface area contributed by atoms with Gasteiger partial charge in [0.2, 0.25) is 0 Å². The van der Waals surface area contributed by atoms with Crippen LogP contribution >= 0.6 is 0 Å². The summed E-state index contributed by atoms with van der Waals surface area (Å²) in [5.74, 6) is 2.00. The molecule has 0 radical (unpaired) electrons. The van der Waals surface area contributed by atoms with Gasteiger partial charge >= 0.3 is 6.03 Å². The highest BCUT2D eigenvalue weighted by Crippen LogP contribution is 2.19. The van der Waals surface area contributed by atoms with Gasteiger partial charge in [0.1, 0.15) is 11.5 Å². The average molecular weight is 265 g/mol. The van der Waals surface area contributed by atoms with E-state index in [0.29, 0.717) is 6.04 Å². The van der Waals surface area contributed by atoms with E-state index in [1.54, 1.807) is 4.90 Å². The van der Waals surface area contributed by atoms with Gasteiger partial charge in [-0.2, -0.15) is 0 Å². The van der Waals surface area contributed by atoms with Gasteiger partial charge in [-0.1, -0.05) is 6.92 Å². The fourth-order valence-electron chi connectivity index (χ4n) is 2.52. The van der Waals surface area contributed by atoms with Crippen LogP contribution < -0.4 is 11.1 Å². The average Bonchev–Trinajstić information content (AvgIpc) is 2.88. The van der Waals surface area contributed by atoms with Crippen LogP contribution in [0.5, 0.6) is 0 Å². The second-order valence-corrected chi connectivity index (χ2v) is 5.15. The summed E-state index contributed by atoms with van der Waals surface area (Å²) < 4.78 is 5.75. The molecule has 0 aromatic carbocycles. The molecule has 1 aromatic rings. The quantitative estimate of drug-likeness (QED) is 0.875. The second-order valence-electron chi connectivity index (χ2n) is 5.15. The number of primary amides is 1. The first-order valence-corrected chi connectivity index (χ1v) is 6.99. The lowest BCUT2D eigenvalue weighted by atomic mass is 10.0. The number of nitrogens with zero attached hydrogens (tertiary/aromatic N) is 1. The molecule has 1 fully saturated rings. The van der Waals surface area contributed by atoms with Crippen molar-refractivity contribution in [2.45, 2.75) is 45.2 Å². The highest BCUT2D eigenvalue weighted by atomic mass is 16.3. The Morgan fingerprint density at radius 1 is 1.53 bits per heavy atom. The number of piperidine rings is 1. The number of furan rings is 1. The number of amides is 2. The lowest BCUT2D eigenvalue weighted by Crippen LogP contribution is -2.47. The summed E-state index contributed by atoms with van der Waals surface area (Å²) in [6.45, 7) is 5.66. The number of urea groups is 1. The summed E-state index contributed by atoms with van der Waals surface area (Å²) in [7, 11) is 0. The molecular formula is C14H23N3O2. The molecule has 106 valence electrons. The van der Waals surface area contributed by atoms with Crippen LogP contribution in [0.4, 0.5) is 4.79 Å². The predicted octanol–water partition coefficient (Wildman–Crippen LogP) is 2.04. The number of nitrogens with two attached hydrogens (primary N) is 1. The van der Waals surface area contributed by atoms with Crippen molar-refractivity contribution in [1.82, 2.24) is 10.2 Å². The first-order valence-electron chi connectivity index (χ1n) is 6.99. The van der Waals surface area contributed by atoms with Crippen LogP contribution in [0, 0.1) is 0 Å². The molecule has 0 aliphatic carbocycles. The number of carbonyl (C=O) groups is 1. The summed E-state index contributed by atoms with van der Waals surface area (Å²) in [6, 6.07) is 4.37. The van der Waals surface area contributed by atoms with Gasteiger partial charge in [0.25, 0.3) is 0 Å². The van der Waals surface area contributed by atoms with E-state index >= 15 is 0 Å². The summed E-state index contributed by atoms with van der Waals surface area (Å²) in [4.78, 5) is 12.8. The van der Waals surface area contributed by atoms with Gasteiger partial charge in [0, 0.05) is 25.6 Å². The Kier molecular flexibility index (Phi) is 4.47. The van der Waals surface area contributed by atoms with E-state index in [9.17, 15) is 4.79 Å². The highest BCUT2D eigenvalue weighted by molar-refractivity contribution is 5.72. The van der Waals surface area contributed by atoms with E-state index in [4.69, 9.17) is 10.2 Å². The third-order valence-electron chi connectivity index (χ3n) is 3.75. The minimum Gasteiger partial charge on any atom is -0.464 e. The predicted molar refractivity (Wildman–Crippen MR) is 73.8 cm³/mol. The molecule has 1 aromatic heterocycles. The van der Waals surface area contributed by atoms with E-state index in [0.717, 1.165) is 43.9 Å². The van der Waals surface area contributed by atoms with E-state index in [1.165, 1.54) is 0 Å². The third-order valence-corrected chi connectivity index (χ3v) is 3.75. The summed E-state index contributed by atoms with van der Waals surface area (Å²) in [6.07, 6.45) is 2.80. The number of hydrogen-bond donors (Lipinski definition) is 2. The highest BCUT2D eigenvalue weighted by Gasteiger charge is 2.23. The fourth-order valence-corrected chi connectivity index (χ4v) is 2.52. The molecule has 19 heavy (non-hydrogen) atoms. The SMILES string of the molecule is CCc1ccc([C@@H](C)NC2CCN(C(N)=O)CC2)o1. The van der Waals surface area contributed by atoms with Crippen molar-refractivity contribution >= 4 is 6.03 Å². The van der Waals surface area contributed by atoms with Crippen molar-refractivity contribution in [3.8, 4) is 0 Å². The molecule has 2 amide bonds. The largest absolute Gasteiger partial charge is 0.464 e. The molecule has 5 nitrogen and oxygen atoms in total. The van der Waals surface area contributed by atoms with Crippen molar-refractivity contribution in [2.75, 3.05) is 13.1 Å². The van der Waals surface area contributed by atoms with Crippen LogP contribution in [0.2, 0.25) is 0 Å². The van der Waals surface area contributed by atoms with Crippen LogP contribution in [0.3, 0.4) is 0 Å². The van der Waals surface area contributed by atoms with Crippen molar-refractivity contribution in [3.63, 3.8) is 0 Å². The Bertz CT molecular complexity index is 422. The summed E-state index contributed by atoms with van der Waals surface area (Å²) in [5, 5.41) is 3.56. The normalized spacial score (nSPS) is 18.5. The standard InChI is InChI=1S/C14H23N3O2/c1-3-12-4-5-13(19-12)10(2)16-11-6-8-17(9-7-11)14(15)18/h4-5,10-11,16H,3,6-9H2,1-2H3,(H2,15,18)/t10-/m1/s1. The smallest absolute Gasteiger partial charge is 0.314 e. The maximum Gasteiger partial charge on any atom is 0.314 e. The van der Waals surface area contributed by atoms with Crippen LogP contribution in [0.1, 0.15) is 44.3 Å². The molecular weight excluding hydrogens is 242 g/mol. The molecule has 0 unspecified atom stereocenters. The Morgan fingerprint density at radius 3 is 2.74 bits per heavy atom. The summed E-state index contributed by atoms with van der Waals surface area (Å²) in [5.41, 5.74) is 5.27. The molecule has 0 spiro atoms. The minimum atomic E-state index is -0.315. The Morgan fingerprint density at radius 2 is 2.21 bits per heavy atom. The van der Waals surface area contributed by atoms with Crippen molar-refractivity contribution in [1.29, 1.82) is 0 Å². The van der Waals surface area contributed by atoms with Gasteiger partial charge in [-0.25, -0.2) is 4.79 Å². The van der Waals surface area contributed by atoms with Gasteiger partial charge in [0.05, 0.1) is 6.04 Å². The van der Waals surface area contributed by atoms with Gasteiger partial charge in [-0.15, -0.1) is 0 Å². The monoisotopic (exact) mass is 265 g/mol. The number of carbonyl (C=O) groups excluding carboxylic acids is 1. The molecule has 0 saturated carbocycles. The van der Waals surface area contributed by atoms with Gasteiger partial charge in [0.15, 0.2) is 0 Å². The van der Waals surface area contributed by atoms with E-state index in [-0.39, 0.29) is 12.1 Å². The first-order chi connectivity index (χ1) is 9.10. The van der Waals surface area contributed by atoms with Gasteiger partial charge < -0.3 is 20.4 Å². The maximum atomic E-state index is 11.1. The first kappa shape index (κ1) is 13.9. The van der Waals surface area contributed by atoms with Crippen molar-refractivity contribution < 1.29 is 9.21 Å². The zero-order valence-electron chi connectivity index (χ0n) is 11.7. The fraction of sp³-hybridized carbons (Fsp3) is 0.643. The summed E-state index contributed by atoms with van der Waals surface area (Å²) >= 11 is 0. The van der Waals surface area contributed by atoms with Crippen LogP contribution in [-0.2, 0) is 6.42 Å². The van der Waals surface area contributed by atoms with E-state index in [1.807, 2.05) is 12.1 Å². The number of hydrogen-bond acceptors (Lipinski definition) is 3. The zero-order valence-corrected chi connectivity index (χ0v) is 11.7. The van der Waals surface area contributed by atoms with Crippen LogP contribution in [0.15, 0.2) is 16.5 Å². The molecule has 0 bridgehead atoms. The molecule has 1 aliphatic rings. The molecule has 2 heterocycles. The maximum absolute atomic E-state index is 11.1. The number of aryl methyl sites for hydroxylation is 1. The topological polar surface area (TPSA) is 71.5 Å². The lowest BCUT2D eigenvalue weighted by molar-refractivity contribution is 0.181. The molecule has 1 atom stereocenters. The third kappa shape index (κ3) is 3.50. The van der Waals surface area contributed by atoms with Gasteiger partial charge in [-0.05, 0) is 31.9 Å². The Balaban J connectivity index is 1.83. The number of likely N-dealkylation sites (tertiary alicyclic amines) is 1. The van der Waals surface area contributed by atoms with Crippen LogP contribution in [-0.4, -0.2) is 30.1 Å².